The van der Waals surface area contributed by atoms with Crippen LogP contribution in [-0.2, 0) is 0 Å². The Kier molecular flexibility index (Phi) is 10.5. The number of likely N-dealkylation sites (tertiary alicyclic amines) is 2. The molecule has 3 unspecified atom stereocenters. The monoisotopic (exact) mass is 451 g/mol. The van der Waals surface area contributed by atoms with Gasteiger partial charge in [0.2, 0.25) is 0 Å². The molecule has 142 valence electrons. The zero-order valence-corrected chi connectivity index (χ0v) is 18.4. The molecule has 0 spiro atoms. The predicted octanol–water partition coefficient (Wildman–Crippen LogP) is 2.52. The van der Waals surface area contributed by atoms with E-state index in [9.17, 15) is 0 Å². The van der Waals surface area contributed by atoms with Crippen molar-refractivity contribution in [3.05, 3.63) is 0 Å². The van der Waals surface area contributed by atoms with Gasteiger partial charge in [0.1, 0.15) is 0 Å². The number of nitrogens with one attached hydrogen (secondary N) is 2. The second kappa shape index (κ2) is 11.5. The van der Waals surface area contributed by atoms with Crippen LogP contribution in [0.4, 0.5) is 0 Å². The van der Waals surface area contributed by atoms with Gasteiger partial charge in [-0.1, -0.05) is 13.3 Å². The molecule has 5 nitrogen and oxygen atoms in total. The Hall–Kier alpha value is -0.0800. The van der Waals surface area contributed by atoms with Gasteiger partial charge < -0.3 is 10.6 Å². The van der Waals surface area contributed by atoms with Crippen LogP contribution in [-0.4, -0.2) is 73.7 Å². The molecule has 0 aromatic rings. The van der Waals surface area contributed by atoms with Crippen LogP contribution in [0.3, 0.4) is 0 Å². The molecule has 24 heavy (non-hydrogen) atoms. The van der Waals surface area contributed by atoms with Crippen LogP contribution >= 0.6 is 24.0 Å². The summed E-state index contributed by atoms with van der Waals surface area (Å²) in [6.07, 6.45) is 6.70. The number of aliphatic imine (C=N–C) groups is 1. The summed E-state index contributed by atoms with van der Waals surface area (Å²) in [7, 11) is 1.87. The molecule has 0 radical (unpaired) electrons. The molecule has 2 heterocycles. The molecular weight excluding hydrogens is 413 g/mol. The highest BCUT2D eigenvalue weighted by Crippen LogP contribution is 2.18. The maximum atomic E-state index is 4.39. The first-order valence-corrected chi connectivity index (χ1v) is 9.60. The van der Waals surface area contributed by atoms with Crippen molar-refractivity contribution in [3.8, 4) is 0 Å². The van der Waals surface area contributed by atoms with Gasteiger partial charge >= 0.3 is 0 Å². The number of rotatable bonds is 6. The maximum absolute atomic E-state index is 4.39. The number of halogens is 1. The van der Waals surface area contributed by atoms with Gasteiger partial charge in [0.15, 0.2) is 5.96 Å². The number of piperidine rings is 1. The van der Waals surface area contributed by atoms with Crippen molar-refractivity contribution in [1.82, 2.24) is 20.4 Å². The Morgan fingerprint density at radius 1 is 1.17 bits per heavy atom. The van der Waals surface area contributed by atoms with E-state index in [0.29, 0.717) is 18.1 Å². The van der Waals surface area contributed by atoms with Crippen LogP contribution in [0.25, 0.3) is 0 Å². The van der Waals surface area contributed by atoms with E-state index < -0.39 is 0 Å². The maximum Gasteiger partial charge on any atom is 0.191 e. The molecule has 6 heteroatoms. The van der Waals surface area contributed by atoms with E-state index in [2.05, 4.69) is 46.2 Å². The van der Waals surface area contributed by atoms with Crippen molar-refractivity contribution < 1.29 is 0 Å². The molecular formula is C18H38IN5. The second-order valence-electron chi connectivity index (χ2n) is 7.19. The zero-order chi connectivity index (χ0) is 16.7. The molecule has 0 bridgehead atoms. The summed E-state index contributed by atoms with van der Waals surface area (Å²) < 4.78 is 0. The quantitative estimate of drug-likeness (QED) is 0.370. The van der Waals surface area contributed by atoms with Crippen LogP contribution in [0.5, 0.6) is 0 Å². The third kappa shape index (κ3) is 6.33. The van der Waals surface area contributed by atoms with Crippen LogP contribution in [0, 0.1) is 0 Å². The highest BCUT2D eigenvalue weighted by Gasteiger charge is 2.24. The second-order valence-corrected chi connectivity index (χ2v) is 7.19. The average molecular weight is 451 g/mol. The number of likely N-dealkylation sites (N-methyl/N-ethyl adjacent to an activating group) is 1. The van der Waals surface area contributed by atoms with Gasteiger partial charge in [-0.2, -0.15) is 0 Å². The van der Waals surface area contributed by atoms with Gasteiger partial charge in [0.25, 0.3) is 0 Å². The summed E-state index contributed by atoms with van der Waals surface area (Å²) in [6.45, 7) is 12.6. The Morgan fingerprint density at radius 3 is 2.62 bits per heavy atom. The van der Waals surface area contributed by atoms with Gasteiger partial charge in [-0.25, -0.2) is 0 Å². The summed E-state index contributed by atoms with van der Waals surface area (Å²) >= 11 is 0. The third-order valence-corrected chi connectivity index (χ3v) is 5.62. The van der Waals surface area contributed by atoms with E-state index in [1.807, 2.05) is 7.05 Å². The topological polar surface area (TPSA) is 42.9 Å². The Balaban J connectivity index is 0.00000288. The van der Waals surface area contributed by atoms with Gasteiger partial charge in [-0.3, -0.25) is 14.8 Å². The van der Waals surface area contributed by atoms with Crippen molar-refractivity contribution in [2.24, 2.45) is 4.99 Å². The van der Waals surface area contributed by atoms with Crippen molar-refractivity contribution >= 4 is 29.9 Å². The van der Waals surface area contributed by atoms with Gasteiger partial charge in [-0.15, -0.1) is 24.0 Å². The van der Waals surface area contributed by atoms with Gasteiger partial charge in [0, 0.05) is 38.3 Å². The lowest BCUT2D eigenvalue weighted by Gasteiger charge is -2.38. The van der Waals surface area contributed by atoms with Crippen molar-refractivity contribution in [2.75, 3.05) is 39.8 Å². The predicted molar refractivity (Wildman–Crippen MR) is 115 cm³/mol. The van der Waals surface area contributed by atoms with Crippen molar-refractivity contribution in [2.45, 2.75) is 71.0 Å². The average Bonchev–Trinajstić information content (AvgIpc) is 3.02. The molecule has 2 N–H and O–H groups in total. The van der Waals surface area contributed by atoms with Crippen LogP contribution < -0.4 is 10.6 Å². The van der Waals surface area contributed by atoms with E-state index in [1.54, 1.807) is 0 Å². The molecule has 2 aliphatic rings. The SMILES string of the molecule is CCN1CCCC1CNC(=NC)NCC(C)N1CCCCC1C.I. The molecule has 0 aliphatic carbocycles. The van der Waals surface area contributed by atoms with Crippen LogP contribution in [0.2, 0.25) is 0 Å². The fourth-order valence-corrected chi connectivity index (χ4v) is 4.11. The molecule has 0 amide bonds. The normalized spacial score (nSPS) is 27.6. The van der Waals surface area contributed by atoms with Crippen molar-refractivity contribution in [1.29, 1.82) is 0 Å². The fourth-order valence-electron chi connectivity index (χ4n) is 4.11. The lowest BCUT2D eigenvalue weighted by Crippen LogP contribution is -2.51. The van der Waals surface area contributed by atoms with E-state index in [-0.39, 0.29) is 24.0 Å². The highest BCUT2D eigenvalue weighted by atomic mass is 127. The molecule has 2 saturated heterocycles. The Morgan fingerprint density at radius 2 is 1.96 bits per heavy atom. The molecule has 3 atom stereocenters. The molecule has 0 aromatic carbocycles. The summed E-state index contributed by atoms with van der Waals surface area (Å²) in [4.78, 5) is 9.60. The summed E-state index contributed by atoms with van der Waals surface area (Å²) in [5, 5.41) is 7.05. The number of guanidine groups is 1. The fraction of sp³-hybridized carbons (Fsp3) is 0.944. The van der Waals surface area contributed by atoms with E-state index in [0.717, 1.165) is 25.6 Å². The first-order valence-electron chi connectivity index (χ1n) is 9.60. The minimum atomic E-state index is 0. The number of hydrogen-bond donors (Lipinski definition) is 2. The smallest absolute Gasteiger partial charge is 0.191 e. The van der Waals surface area contributed by atoms with Crippen LogP contribution in [0.1, 0.15) is 52.9 Å². The van der Waals surface area contributed by atoms with E-state index in [1.165, 1.54) is 45.2 Å². The molecule has 2 rings (SSSR count). The lowest BCUT2D eigenvalue weighted by atomic mass is 10.0. The molecule has 2 fully saturated rings. The van der Waals surface area contributed by atoms with Crippen LogP contribution in [0.15, 0.2) is 4.99 Å². The minimum Gasteiger partial charge on any atom is -0.355 e. The Bertz CT molecular complexity index is 376. The molecule has 2 aliphatic heterocycles. The summed E-state index contributed by atoms with van der Waals surface area (Å²) in [6, 6.07) is 1.94. The first kappa shape index (κ1) is 22.0. The molecule has 0 aromatic heterocycles. The third-order valence-electron chi connectivity index (χ3n) is 5.62. The zero-order valence-electron chi connectivity index (χ0n) is 16.1. The van der Waals surface area contributed by atoms with E-state index in [4.69, 9.17) is 0 Å². The van der Waals surface area contributed by atoms with Gasteiger partial charge in [0.05, 0.1) is 0 Å². The van der Waals surface area contributed by atoms with Gasteiger partial charge in [-0.05, 0) is 59.2 Å². The Labute approximate surface area is 166 Å². The largest absolute Gasteiger partial charge is 0.355 e. The van der Waals surface area contributed by atoms with E-state index >= 15 is 0 Å². The molecule has 0 saturated carbocycles. The number of hydrogen-bond acceptors (Lipinski definition) is 3. The summed E-state index contributed by atoms with van der Waals surface area (Å²) in [5.74, 6) is 0.949. The summed E-state index contributed by atoms with van der Waals surface area (Å²) in [5.41, 5.74) is 0. The first-order chi connectivity index (χ1) is 11.2. The standard InChI is InChI=1S/C18H37N5.HI/c1-5-22-11-8-10-17(22)14-21-18(19-4)20-13-16(3)23-12-7-6-9-15(23)2;/h15-17H,5-14H2,1-4H3,(H2,19,20,21);1H. The number of nitrogens with zero attached hydrogens (tertiary/aromatic N) is 3. The van der Waals surface area contributed by atoms with Crippen molar-refractivity contribution in [3.63, 3.8) is 0 Å². The lowest BCUT2D eigenvalue weighted by molar-refractivity contribution is 0.115. The highest BCUT2D eigenvalue weighted by molar-refractivity contribution is 14.0. The minimum absolute atomic E-state index is 0.